The van der Waals surface area contributed by atoms with Crippen molar-refractivity contribution in [3.05, 3.63) is 35.5 Å². The number of cyclic esters (lactones) is 1. The molecule has 1 N–H and O–H groups in total. The zero-order valence-corrected chi connectivity index (χ0v) is 17.1. The molecule has 0 radical (unpaired) electrons. The molecule has 0 bridgehead atoms. The molecule has 0 saturated heterocycles. The van der Waals surface area contributed by atoms with E-state index in [9.17, 15) is 13.6 Å². The van der Waals surface area contributed by atoms with Crippen molar-refractivity contribution in [2.75, 3.05) is 23.3 Å². The van der Waals surface area contributed by atoms with Gasteiger partial charge in [0.25, 0.3) is 5.92 Å². The lowest BCUT2D eigenvalue weighted by Crippen LogP contribution is -2.26. The molecule has 0 fully saturated rings. The summed E-state index contributed by atoms with van der Waals surface area (Å²) in [4.78, 5) is 22.7. The highest BCUT2D eigenvalue weighted by molar-refractivity contribution is 5.89. The number of fused-ring (bicyclic) bond motifs is 1. The molecule has 1 amide bonds. The average molecular weight is 404 g/mol. The van der Waals surface area contributed by atoms with Crippen LogP contribution >= 0.6 is 0 Å². The molecule has 3 rings (SSSR count). The zero-order chi connectivity index (χ0) is 21.2. The summed E-state index contributed by atoms with van der Waals surface area (Å²) in [5.74, 6) is -2.13. The van der Waals surface area contributed by atoms with Gasteiger partial charge in [-0.3, -0.25) is 5.32 Å². The van der Waals surface area contributed by atoms with E-state index >= 15 is 0 Å². The van der Waals surface area contributed by atoms with Crippen LogP contribution in [0.3, 0.4) is 0 Å². The maximum atomic E-state index is 14.3. The summed E-state index contributed by atoms with van der Waals surface area (Å²) in [5.41, 5.74) is 1.58. The summed E-state index contributed by atoms with van der Waals surface area (Å²) in [7, 11) is 0. The number of carbonyl (C=O) groups is 1. The van der Waals surface area contributed by atoms with E-state index < -0.39 is 18.1 Å². The van der Waals surface area contributed by atoms with Crippen molar-refractivity contribution in [1.82, 2.24) is 9.97 Å². The van der Waals surface area contributed by atoms with E-state index in [1.54, 1.807) is 6.07 Å². The number of hydrogen-bond donors (Lipinski definition) is 1. The molecule has 1 atom stereocenters. The Morgan fingerprint density at radius 2 is 2.03 bits per heavy atom. The number of alkyl halides is 2. The lowest BCUT2D eigenvalue weighted by Gasteiger charge is -2.28. The summed E-state index contributed by atoms with van der Waals surface area (Å²) in [6.45, 7) is 8.15. The topological polar surface area (TPSA) is 67.4 Å². The molecule has 29 heavy (non-hydrogen) atoms. The number of ether oxygens (including phenoxy) is 1. The largest absolute Gasteiger partial charge is 0.441 e. The molecule has 3 heterocycles. The Balaban J connectivity index is 2.21. The first-order chi connectivity index (χ1) is 13.8. The molecule has 0 aliphatic carbocycles. The monoisotopic (exact) mass is 404 g/mol. The fourth-order valence-electron chi connectivity index (χ4n) is 3.50. The number of hydrogen-bond acceptors (Lipinski definition) is 5. The van der Waals surface area contributed by atoms with Gasteiger partial charge in [-0.05, 0) is 38.0 Å². The van der Waals surface area contributed by atoms with Gasteiger partial charge in [-0.1, -0.05) is 13.8 Å². The maximum absolute atomic E-state index is 14.3. The van der Waals surface area contributed by atoms with Crippen LogP contribution in [-0.4, -0.2) is 29.2 Å². The van der Waals surface area contributed by atoms with Gasteiger partial charge in [0.2, 0.25) is 0 Å². The average Bonchev–Trinajstić information content (AvgIpc) is 2.69. The lowest BCUT2D eigenvalue weighted by atomic mass is 9.96. The third-order valence-corrected chi connectivity index (χ3v) is 4.95. The molecular weight excluding hydrogens is 378 g/mol. The molecule has 0 unspecified atom stereocenters. The molecule has 2 aromatic rings. The van der Waals surface area contributed by atoms with Crippen molar-refractivity contribution in [2.24, 2.45) is 0 Å². The van der Waals surface area contributed by atoms with Crippen LogP contribution in [-0.2, 0) is 10.7 Å². The minimum Gasteiger partial charge on any atom is -0.441 e. The smallest absolute Gasteiger partial charge is 0.413 e. The number of pyridine rings is 2. The van der Waals surface area contributed by atoms with Crippen LogP contribution in [0.25, 0.3) is 11.3 Å². The molecule has 8 heteroatoms. The first-order valence-corrected chi connectivity index (χ1v) is 9.90. The van der Waals surface area contributed by atoms with Crippen LogP contribution in [0.15, 0.2) is 24.4 Å². The van der Waals surface area contributed by atoms with Gasteiger partial charge in [0.05, 0.1) is 5.69 Å². The normalized spacial score (nSPS) is 16.1. The SMILES string of the molecule is CCCN(CC)c1cc(C(C)(F)F)cc(-c2ccnc3c2[C@@H](CC)OC(=O)N3)n1. The highest BCUT2D eigenvalue weighted by Gasteiger charge is 2.31. The van der Waals surface area contributed by atoms with E-state index in [2.05, 4.69) is 10.3 Å². The minimum atomic E-state index is -3.01. The Hall–Kier alpha value is -2.77. The van der Waals surface area contributed by atoms with Crippen molar-refractivity contribution in [3.63, 3.8) is 0 Å². The molecule has 0 saturated carbocycles. The number of rotatable bonds is 7. The third-order valence-electron chi connectivity index (χ3n) is 4.95. The van der Waals surface area contributed by atoms with Crippen molar-refractivity contribution in [1.29, 1.82) is 0 Å². The van der Waals surface area contributed by atoms with Gasteiger partial charge in [-0.25, -0.2) is 23.5 Å². The van der Waals surface area contributed by atoms with Gasteiger partial charge in [0.1, 0.15) is 17.7 Å². The molecule has 1 aliphatic rings. The highest BCUT2D eigenvalue weighted by atomic mass is 19.3. The summed E-state index contributed by atoms with van der Waals surface area (Å²) in [6.07, 6.45) is 1.86. The number of anilines is 2. The molecule has 156 valence electrons. The van der Waals surface area contributed by atoms with Crippen LogP contribution in [0, 0.1) is 0 Å². The van der Waals surface area contributed by atoms with E-state index in [4.69, 9.17) is 9.72 Å². The predicted octanol–water partition coefficient (Wildman–Crippen LogP) is 5.50. The summed E-state index contributed by atoms with van der Waals surface area (Å²) < 4.78 is 33.9. The van der Waals surface area contributed by atoms with E-state index in [-0.39, 0.29) is 5.56 Å². The molecule has 1 aliphatic heterocycles. The van der Waals surface area contributed by atoms with Gasteiger partial charge in [-0.2, -0.15) is 0 Å². The fourth-order valence-corrected chi connectivity index (χ4v) is 3.50. The number of aromatic nitrogens is 2. The van der Waals surface area contributed by atoms with Crippen molar-refractivity contribution < 1.29 is 18.3 Å². The van der Waals surface area contributed by atoms with E-state index in [1.807, 2.05) is 25.7 Å². The van der Waals surface area contributed by atoms with Crippen LogP contribution in [0.4, 0.5) is 25.2 Å². The second-order valence-electron chi connectivity index (χ2n) is 7.12. The van der Waals surface area contributed by atoms with E-state index in [1.165, 1.54) is 18.3 Å². The van der Waals surface area contributed by atoms with Gasteiger partial charge >= 0.3 is 6.09 Å². The summed E-state index contributed by atoms with van der Waals surface area (Å²) >= 11 is 0. The predicted molar refractivity (Wildman–Crippen MR) is 108 cm³/mol. The van der Waals surface area contributed by atoms with Crippen molar-refractivity contribution >= 4 is 17.7 Å². The summed E-state index contributed by atoms with van der Waals surface area (Å²) in [6, 6.07) is 4.58. The van der Waals surface area contributed by atoms with Crippen LogP contribution < -0.4 is 10.2 Å². The Kier molecular flexibility index (Phi) is 6.00. The number of amides is 1. The third kappa shape index (κ3) is 4.31. The Morgan fingerprint density at radius 1 is 1.28 bits per heavy atom. The zero-order valence-electron chi connectivity index (χ0n) is 17.1. The molecule has 2 aromatic heterocycles. The first-order valence-electron chi connectivity index (χ1n) is 9.90. The Bertz CT molecular complexity index is 899. The van der Waals surface area contributed by atoms with Gasteiger partial charge in [-0.15, -0.1) is 0 Å². The lowest BCUT2D eigenvalue weighted by molar-refractivity contribution is 0.0174. The highest BCUT2D eigenvalue weighted by Crippen LogP contribution is 2.40. The number of nitrogens with one attached hydrogen (secondary N) is 1. The Labute approximate surface area is 169 Å². The maximum Gasteiger partial charge on any atom is 0.413 e. The van der Waals surface area contributed by atoms with Crippen LogP contribution in [0.2, 0.25) is 0 Å². The first kappa shape index (κ1) is 21.0. The second-order valence-corrected chi connectivity index (χ2v) is 7.12. The van der Waals surface area contributed by atoms with E-state index in [0.29, 0.717) is 48.0 Å². The number of halogens is 2. The molecule has 0 aromatic carbocycles. The van der Waals surface area contributed by atoms with Crippen LogP contribution in [0.5, 0.6) is 0 Å². The second kappa shape index (κ2) is 8.31. The van der Waals surface area contributed by atoms with Gasteiger partial charge in [0, 0.05) is 42.9 Å². The number of nitrogens with zero attached hydrogens (tertiary/aromatic N) is 3. The van der Waals surface area contributed by atoms with Crippen LogP contribution in [0.1, 0.15) is 57.8 Å². The Morgan fingerprint density at radius 3 is 2.66 bits per heavy atom. The summed E-state index contributed by atoms with van der Waals surface area (Å²) in [5, 5.41) is 2.59. The molecular formula is C21H26F2N4O2. The molecule has 6 nitrogen and oxygen atoms in total. The van der Waals surface area contributed by atoms with Gasteiger partial charge in [0.15, 0.2) is 0 Å². The standard InChI is InChI=1S/C21H26F2N4O2/c1-5-10-27(7-3)17-12-13(21(4,22)23)11-15(25-17)14-8-9-24-19-18(14)16(6-2)29-20(28)26-19/h8-9,11-12,16H,5-7,10H2,1-4H3,(H,24,26,28)/t16-/m1/s1. The number of carbonyl (C=O) groups excluding carboxylic acids is 1. The van der Waals surface area contributed by atoms with E-state index in [0.717, 1.165) is 13.3 Å². The van der Waals surface area contributed by atoms with Crippen molar-refractivity contribution in [3.8, 4) is 11.3 Å². The van der Waals surface area contributed by atoms with Gasteiger partial charge < -0.3 is 9.64 Å². The molecule has 0 spiro atoms. The quantitative estimate of drug-likeness (QED) is 0.660. The fraction of sp³-hybridized carbons (Fsp3) is 0.476. The van der Waals surface area contributed by atoms with Crippen molar-refractivity contribution in [2.45, 2.75) is 52.6 Å². The minimum absolute atomic E-state index is 0.105.